The number of nitro groups is 1. The Kier molecular flexibility index (Phi) is 24.4. The van der Waals surface area contributed by atoms with E-state index in [-0.39, 0.29) is 81.1 Å². The second-order valence-corrected chi connectivity index (χ2v) is 27.9. The largest absolute Gasteiger partial charge is 0.462 e. The van der Waals surface area contributed by atoms with Gasteiger partial charge in [0, 0.05) is 23.7 Å². The second-order valence-electron chi connectivity index (χ2n) is 27.9. The van der Waals surface area contributed by atoms with E-state index >= 15 is 0 Å². The molecule has 1 saturated carbocycles. The molecule has 2 unspecified atom stereocenters. The van der Waals surface area contributed by atoms with Gasteiger partial charge < -0.3 is 29.0 Å². The highest BCUT2D eigenvalue weighted by Crippen LogP contribution is 2.49. The van der Waals surface area contributed by atoms with Crippen LogP contribution in [0.15, 0.2) is 188 Å². The van der Waals surface area contributed by atoms with Crippen molar-refractivity contribution in [1.29, 1.82) is 0 Å². The van der Waals surface area contributed by atoms with E-state index in [1.807, 2.05) is 36.4 Å². The standard InChI is InChI=1S/C47H50F6N2O7.C32H30F6N2O4/c1-31(33-25-36(46(48,49)50)27-37(26-33)47(51,52)53)61-30-45(35-19-11-6-12-20-35)24-23-39(55(58)59)40(54(45)43(57)60-29-32-15-7-4-8-16-32)28-42(56)62-41-22-14-13-21-38(41)44(2,3)34-17-9-5-10-18-34;1-20(22-14-24(31(33,34)35)16-25(15-22)32(36,37)38)44-19-30(23-10-6-3-7-11-23)13-12-26-27(17-28(41)39-26)40(30)29(42)43-18-21-8-4-2-5-9-21/h4-12,15-20,25-27,31,38-41H,13-14,21-24,28-30H2,1-3H3;2-11,14-16,20,26-27H,12-13,17-19H2,1H3,(H,39,41)/t31-,38+,39+,40-,41?,45-;20-,26+,27?,30-/m11/s1. The maximum Gasteiger partial charge on any atom is 0.416 e. The van der Waals surface area contributed by atoms with Gasteiger partial charge in [-0.3, -0.25) is 29.5 Å². The van der Waals surface area contributed by atoms with Crippen molar-refractivity contribution < 1.29 is 100 Å². The maximum absolute atomic E-state index is 14.7. The van der Waals surface area contributed by atoms with Crippen molar-refractivity contribution >= 4 is 24.1 Å². The summed E-state index contributed by atoms with van der Waals surface area (Å²) in [6.07, 6.45) is -22.4. The number of ether oxygens (including phenoxy) is 5. The molecule has 7 aromatic rings. The first kappa shape index (κ1) is 79.1. The minimum atomic E-state index is -5.11. The highest BCUT2D eigenvalue weighted by atomic mass is 19.4. The van der Waals surface area contributed by atoms with Crippen molar-refractivity contribution in [2.75, 3.05) is 13.2 Å². The lowest BCUT2D eigenvalue weighted by Crippen LogP contribution is -2.65. The van der Waals surface area contributed by atoms with Crippen molar-refractivity contribution in [2.45, 2.75) is 189 Å². The molecule has 0 bridgehead atoms. The van der Waals surface area contributed by atoms with E-state index in [1.165, 1.54) is 18.7 Å². The Balaban J connectivity index is 0.000000240. The predicted molar refractivity (Wildman–Crippen MR) is 364 cm³/mol. The molecule has 0 radical (unpaired) electrons. The van der Waals surface area contributed by atoms with Gasteiger partial charge in [0.2, 0.25) is 11.9 Å². The van der Waals surface area contributed by atoms with E-state index in [2.05, 4.69) is 19.2 Å². The van der Waals surface area contributed by atoms with Gasteiger partial charge in [0.05, 0.1) is 77.3 Å². The van der Waals surface area contributed by atoms with E-state index in [9.17, 15) is 82.0 Å². The molecule has 11 rings (SSSR count). The van der Waals surface area contributed by atoms with Crippen LogP contribution in [0, 0.1) is 16.0 Å². The van der Waals surface area contributed by atoms with Crippen LogP contribution in [0.25, 0.3) is 0 Å². The Morgan fingerprint density at radius 1 is 0.538 bits per heavy atom. The van der Waals surface area contributed by atoms with Crippen LogP contribution in [-0.4, -0.2) is 82.3 Å². The molecule has 3 amide bonds. The number of halogens is 12. The number of hydrogen-bond acceptors (Lipinski definition) is 11. The zero-order valence-electron chi connectivity index (χ0n) is 58.3. The molecule has 27 heteroatoms. The molecule has 3 aliphatic heterocycles. The molecule has 4 aliphatic rings. The van der Waals surface area contributed by atoms with Crippen LogP contribution in [-0.2, 0) is 87.7 Å². The van der Waals surface area contributed by atoms with Crippen LogP contribution in [0.1, 0.15) is 165 Å². The zero-order valence-corrected chi connectivity index (χ0v) is 58.3. The van der Waals surface area contributed by atoms with Gasteiger partial charge in [-0.05, 0) is 133 Å². The predicted octanol–water partition coefficient (Wildman–Crippen LogP) is 19.0. The Morgan fingerprint density at radius 2 is 0.934 bits per heavy atom. The Hall–Kier alpha value is -9.50. The summed E-state index contributed by atoms with van der Waals surface area (Å²) < 4.78 is 195. The summed E-state index contributed by atoms with van der Waals surface area (Å²) >= 11 is 0. The second kappa shape index (κ2) is 32.7. The van der Waals surface area contributed by atoms with Gasteiger partial charge in [0.1, 0.15) is 25.4 Å². The molecule has 566 valence electrons. The fraction of sp³-hybridized carbons (Fsp3) is 0.418. The lowest BCUT2D eigenvalue weighted by Gasteiger charge is -2.51. The smallest absolute Gasteiger partial charge is 0.416 e. The lowest BCUT2D eigenvalue weighted by atomic mass is 9.66. The van der Waals surface area contributed by atoms with Crippen molar-refractivity contribution in [3.63, 3.8) is 0 Å². The molecule has 106 heavy (non-hydrogen) atoms. The molecule has 0 aromatic heterocycles. The Morgan fingerprint density at radius 3 is 1.37 bits per heavy atom. The SMILES string of the molecule is C[C@@H](OC[C@@]1(c2ccccc2)CC[C@@H]2NC(=O)CC2N1C(=O)OCc1ccccc1)c1cc(C(F)(F)F)cc(C(F)(F)F)c1.C[C@@H](OC[C@@]1(c2ccccc2)CC[C@H]([N+](=O)[O-])[C@@H](CC(=O)OC2CCCC[C@@H]2C(C)(C)c2ccccc2)N1C(=O)OCc1ccccc1)c1cc(C(F)(F)F)cc(C(F)(F)F)c1. The molecular weight excluding hydrogens is 1410 g/mol. The van der Waals surface area contributed by atoms with Crippen LogP contribution in [0.5, 0.6) is 0 Å². The number of carbonyl (C=O) groups excluding carboxylic acids is 4. The summed E-state index contributed by atoms with van der Waals surface area (Å²) in [6, 6.07) is 43.0. The number of nitrogens with zero attached hydrogens (tertiary/aromatic N) is 3. The Bertz CT molecular complexity index is 4090. The van der Waals surface area contributed by atoms with E-state index in [4.69, 9.17) is 23.7 Å². The number of rotatable bonds is 20. The molecule has 1 aliphatic carbocycles. The first-order valence-electron chi connectivity index (χ1n) is 34.7. The normalized spacial score (nSPS) is 22.7. The van der Waals surface area contributed by atoms with E-state index in [0.717, 1.165) is 35.3 Å². The third-order valence-corrected chi connectivity index (χ3v) is 20.8. The number of alkyl halides is 12. The number of piperidine rings is 2. The van der Waals surface area contributed by atoms with Crippen LogP contribution < -0.4 is 5.32 Å². The molecule has 7 aromatic carbocycles. The summed E-state index contributed by atoms with van der Waals surface area (Å²) in [5, 5.41) is 15.8. The summed E-state index contributed by atoms with van der Waals surface area (Å²) in [6.45, 7) is 5.66. The number of fused-ring (bicyclic) bond motifs is 1. The summed E-state index contributed by atoms with van der Waals surface area (Å²) in [5.41, 5.74) is -6.64. The molecule has 1 N–H and O–H groups in total. The lowest BCUT2D eigenvalue weighted by molar-refractivity contribution is -0.536. The molecule has 3 heterocycles. The maximum atomic E-state index is 14.7. The molecule has 4 fully saturated rings. The average molecular weight is 1490 g/mol. The average Bonchev–Trinajstić information content (AvgIpc) is 1.66. The number of amides is 3. The molecular formula is C79H80F12N4O11. The molecule has 0 spiro atoms. The van der Waals surface area contributed by atoms with Gasteiger partial charge in [-0.25, -0.2) is 9.59 Å². The quantitative estimate of drug-likeness (QED) is 0.0253. The van der Waals surface area contributed by atoms with Gasteiger partial charge in [-0.15, -0.1) is 0 Å². The minimum Gasteiger partial charge on any atom is -0.462 e. The molecule has 15 nitrogen and oxygen atoms in total. The molecule has 3 saturated heterocycles. The fourth-order valence-corrected chi connectivity index (χ4v) is 15.1. The van der Waals surface area contributed by atoms with Gasteiger partial charge in [-0.2, -0.15) is 52.7 Å². The number of nitrogens with one attached hydrogen (secondary N) is 1. The third kappa shape index (κ3) is 18.5. The van der Waals surface area contributed by atoms with Crippen LogP contribution in [0.4, 0.5) is 62.3 Å². The van der Waals surface area contributed by atoms with E-state index in [1.54, 1.807) is 115 Å². The van der Waals surface area contributed by atoms with Crippen molar-refractivity contribution in [2.24, 2.45) is 5.92 Å². The van der Waals surface area contributed by atoms with Crippen LogP contribution >= 0.6 is 0 Å². The minimum absolute atomic E-state index is 0.00217. The first-order chi connectivity index (χ1) is 50.1. The fourth-order valence-electron chi connectivity index (χ4n) is 15.1. The van der Waals surface area contributed by atoms with Gasteiger partial charge in [-0.1, -0.05) is 172 Å². The van der Waals surface area contributed by atoms with Gasteiger partial charge in [0.25, 0.3) is 0 Å². The molecule has 10 atom stereocenters. The van der Waals surface area contributed by atoms with Crippen LogP contribution in [0.2, 0.25) is 0 Å². The van der Waals surface area contributed by atoms with Crippen molar-refractivity contribution in [1.82, 2.24) is 15.1 Å². The topological polar surface area (TPSA) is 176 Å². The highest BCUT2D eigenvalue weighted by molar-refractivity contribution is 5.82. The highest BCUT2D eigenvalue weighted by Gasteiger charge is 2.58. The first-order valence-corrected chi connectivity index (χ1v) is 34.7. The zero-order chi connectivity index (χ0) is 76.6. The number of likely N-dealkylation sites (tertiary alicyclic amines) is 2. The van der Waals surface area contributed by atoms with Crippen LogP contribution in [0.3, 0.4) is 0 Å². The summed E-state index contributed by atoms with van der Waals surface area (Å²) in [4.78, 5) is 70.3. The monoisotopic (exact) mass is 1490 g/mol. The van der Waals surface area contributed by atoms with Crippen molar-refractivity contribution in [3.8, 4) is 0 Å². The number of benzene rings is 7. The van der Waals surface area contributed by atoms with E-state index < -0.39 is 142 Å². The summed E-state index contributed by atoms with van der Waals surface area (Å²) in [7, 11) is 0. The van der Waals surface area contributed by atoms with Gasteiger partial charge >= 0.3 is 42.9 Å². The number of esters is 1. The van der Waals surface area contributed by atoms with E-state index in [0.29, 0.717) is 53.8 Å². The van der Waals surface area contributed by atoms with Gasteiger partial charge in [0.15, 0.2) is 0 Å². The summed E-state index contributed by atoms with van der Waals surface area (Å²) in [5.74, 6) is -1.12. The number of hydrogen-bond donors (Lipinski definition) is 1. The number of carbonyl (C=O) groups is 4. The van der Waals surface area contributed by atoms with Crippen molar-refractivity contribution in [3.05, 3.63) is 259 Å². The Labute approximate surface area is 604 Å². The third-order valence-electron chi connectivity index (χ3n) is 20.8.